The fraction of sp³-hybridized carbons (Fsp3) is 0.345. The molecule has 2 saturated heterocycles. The van der Waals surface area contributed by atoms with Gasteiger partial charge < -0.3 is 14.5 Å². The molecule has 0 radical (unpaired) electrons. The Bertz CT molecular complexity index is 1680. The van der Waals surface area contributed by atoms with Gasteiger partial charge in [-0.15, -0.1) is 0 Å². The minimum Gasteiger partial charge on any atom is -0.497 e. The number of piperazine rings is 1. The predicted molar refractivity (Wildman–Crippen MR) is 151 cm³/mol. The van der Waals surface area contributed by atoms with Crippen LogP contribution in [-0.2, 0) is 9.84 Å². The van der Waals surface area contributed by atoms with Gasteiger partial charge in [0, 0.05) is 37.4 Å². The molecule has 2 fully saturated rings. The SMILES string of the molecule is COc1ccc(-c2cc(C(=O)N3CCN(c4ccc(F)cc4)CC3)c3c(C)nn(C4CCS(=O)(=O)C4)c3n2)cc1. The van der Waals surface area contributed by atoms with Gasteiger partial charge in [0.1, 0.15) is 11.6 Å². The quantitative estimate of drug-likeness (QED) is 0.364. The van der Waals surface area contributed by atoms with E-state index in [9.17, 15) is 17.6 Å². The summed E-state index contributed by atoms with van der Waals surface area (Å²) in [5.41, 5.74) is 3.98. The summed E-state index contributed by atoms with van der Waals surface area (Å²) in [6.45, 7) is 4.09. The number of ether oxygens (including phenoxy) is 1. The number of fused-ring (bicyclic) bond motifs is 1. The molecule has 0 saturated carbocycles. The molecule has 2 aliphatic heterocycles. The summed E-state index contributed by atoms with van der Waals surface area (Å²) >= 11 is 0. The van der Waals surface area contributed by atoms with Gasteiger partial charge in [-0.3, -0.25) is 4.79 Å². The normalized spacial score (nSPS) is 18.8. The molecule has 0 spiro atoms. The number of rotatable bonds is 5. The highest BCUT2D eigenvalue weighted by atomic mass is 32.2. The molecule has 6 rings (SSSR count). The van der Waals surface area contributed by atoms with E-state index in [4.69, 9.17) is 14.8 Å². The van der Waals surface area contributed by atoms with Crippen LogP contribution in [0, 0.1) is 12.7 Å². The van der Waals surface area contributed by atoms with E-state index in [0.717, 1.165) is 11.3 Å². The first kappa shape index (κ1) is 26.2. The molecule has 40 heavy (non-hydrogen) atoms. The van der Waals surface area contributed by atoms with E-state index in [1.165, 1.54) is 12.1 Å². The second-order valence-electron chi connectivity index (χ2n) is 10.3. The molecular formula is C29H30FN5O4S. The molecule has 208 valence electrons. The molecule has 1 amide bonds. The maximum atomic E-state index is 14.0. The highest BCUT2D eigenvalue weighted by Crippen LogP contribution is 2.33. The lowest BCUT2D eigenvalue weighted by Crippen LogP contribution is -2.48. The lowest BCUT2D eigenvalue weighted by molar-refractivity contribution is 0.0748. The smallest absolute Gasteiger partial charge is 0.254 e. The van der Waals surface area contributed by atoms with Crippen LogP contribution in [0.1, 0.15) is 28.5 Å². The Morgan fingerprint density at radius 1 is 1.02 bits per heavy atom. The van der Waals surface area contributed by atoms with Crippen molar-refractivity contribution in [2.24, 2.45) is 0 Å². The average Bonchev–Trinajstić information content (AvgIpc) is 3.51. The van der Waals surface area contributed by atoms with E-state index in [1.807, 2.05) is 42.2 Å². The zero-order valence-electron chi connectivity index (χ0n) is 22.4. The van der Waals surface area contributed by atoms with Gasteiger partial charge in [0.15, 0.2) is 15.5 Å². The molecule has 0 aliphatic carbocycles. The molecule has 2 aromatic heterocycles. The minimum atomic E-state index is -3.15. The number of aromatic nitrogens is 3. The number of carbonyl (C=O) groups is 1. The number of nitrogens with zero attached hydrogens (tertiary/aromatic N) is 5. The molecule has 2 aliphatic rings. The monoisotopic (exact) mass is 563 g/mol. The number of anilines is 1. The van der Waals surface area contributed by atoms with Crippen molar-refractivity contribution >= 4 is 32.5 Å². The Balaban J connectivity index is 1.38. The van der Waals surface area contributed by atoms with Crippen LogP contribution in [0.15, 0.2) is 54.6 Å². The highest BCUT2D eigenvalue weighted by Gasteiger charge is 2.33. The van der Waals surface area contributed by atoms with Crippen LogP contribution in [0.5, 0.6) is 5.75 Å². The van der Waals surface area contributed by atoms with E-state index >= 15 is 0 Å². The fourth-order valence-corrected chi connectivity index (χ4v) is 7.30. The van der Waals surface area contributed by atoms with Crippen LogP contribution in [0.3, 0.4) is 0 Å². The van der Waals surface area contributed by atoms with Crippen LogP contribution in [0.25, 0.3) is 22.3 Å². The molecule has 1 unspecified atom stereocenters. The van der Waals surface area contributed by atoms with Gasteiger partial charge in [-0.1, -0.05) is 0 Å². The van der Waals surface area contributed by atoms with Crippen molar-refractivity contribution in [1.29, 1.82) is 0 Å². The highest BCUT2D eigenvalue weighted by molar-refractivity contribution is 7.91. The van der Waals surface area contributed by atoms with Gasteiger partial charge in [-0.2, -0.15) is 5.10 Å². The molecule has 2 aromatic carbocycles. The van der Waals surface area contributed by atoms with Crippen molar-refractivity contribution in [1.82, 2.24) is 19.7 Å². The van der Waals surface area contributed by atoms with Crippen LogP contribution < -0.4 is 9.64 Å². The average molecular weight is 564 g/mol. The summed E-state index contributed by atoms with van der Waals surface area (Å²) in [5, 5.41) is 5.35. The number of amides is 1. The lowest BCUT2D eigenvalue weighted by Gasteiger charge is -2.36. The number of sulfone groups is 1. The molecular weight excluding hydrogens is 533 g/mol. The molecule has 9 nitrogen and oxygen atoms in total. The number of hydrogen-bond donors (Lipinski definition) is 0. The first-order chi connectivity index (χ1) is 19.2. The number of aryl methyl sites for hydroxylation is 1. The summed E-state index contributed by atoms with van der Waals surface area (Å²) in [6, 6.07) is 15.3. The molecule has 11 heteroatoms. The van der Waals surface area contributed by atoms with Gasteiger partial charge in [0.25, 0.3) is 5.91 Å². The zero-order chi connectivity index (χ0) is 28.0. The van der Waals surface area contributed by atoms with Crippen molar-refractivity contribution in [2.45, 2.75) is 19.4 Å². The van der Waals surface area contributed by atoms with Gasteiger partial charge in [-0.25, -0.2) is 22.5 Å². The Morgan fingerprint density at radius 2 is 1.73 bits per heavy atom. The third-order valence-corrected chi connectivity index (χ3v) is 9.52. The van der Waals surface area contributed by atoms with Crippen molar-refractivity contribution < 1.29 is 22.3 Å². The summed E-state index contributed by atoms with van der Waals surface area (Å²) in [4.78, 5) is 22.9. The second kappa shape index (κ2) is 10.2. The van der Waals surface area contributed by atoms with E-state index in [-0.39, 0.29) is 29.3 Å². The number of carbonyl (C=O) groups excluding carboxylic acids is 1. The van der Waals surface area contributed by atoms with Crippen LogP contribution in [0.2, 0.25) is 0 Å². The third-order valence-electron chi connectivity index (χ3n) is 7.77. The van der Waals surface area contributed by atoms with Gasteiger partial charge in [-0.05, 0) is 67.9 Å². The zero-order valence-corrected chi connectivity index (χ0v) is 23.2. The van der Waals surface area contributed by atoms with E-state index < -0.39 is 9.84 Å². The predicted octanol–water partition coefficient (Wildman–Crippen LogP) is 3.88. The van der Waals surface area contributed by atoms with Gasteiger partial charge in [0.05, 0.1) is 47.0 Å². The number of halogens is 1. The van der Waals surface area contributed by atoms with Crippen molar-refractivity contribution in [3.8, 4) is 17.0 Å². The molecule has 0 bridgehead atoms. The number of methoxy groups -OCH3 is 1. The first-order valence-electron chi connectivity index (χ1n) is 13.3. The van der Waals surface area contributed by atoms with E-state index in [0.29, 0.717) is 66.3 Å². The minimum absolute atomic E-state index is 0.00624. The molecule has 4 heterocycles. The summed E-state index contributed by atoms with van der Waals surface area (Å²) in [7, 11) is -1.55. The van der Waals surface area contributed by atoms with Crippen LogP contribution in [0.4, 0.5) is 10.1 Å². The molecule has 0 N–H and O–H groups in total. The topological polar surface area (TPSA) is 97.6 Å². The number of hydrogen-bond acceptors (Lipinski definition) is 7. The summed E-state index contributed by atoms with van der Waals surface area (Å²) in [6.07, 6.45) is 0.460. The van der Waals surface area contributed by atoms with Gasteiger partial charge in [0.2, 0.25) is 0 Å². The Hall–Kier alpha value is -3.99. The maximum absolute atomic E-state index is 14.0. The maximum Gasteiger partial charge on any atom is 0.254 e. The standard InChI is InChI=1S/C29H30FN5O4S/c1-19-27-25(29(36)34-14-12-33(13-15-34)22-7-5-21(30)6-8-22)17-26(20-3-9-24(39-2)10-4-20)31-28(27)35(32-19)23-11-16-40(37,38)18-23/h3-10,17,23H,11-16,18H2,1-2H3. The second-order valence-corrected chi connectivity index (χ2v) is 12.6. The van der Waals surface area contributed by atoms with Crippen LogP contribution in [-0.4, -0.2) is 78.8 Å². The summed E-state index contributed by atoms with van der Waals surface area (Å²) in [5.74, 6) is 0.421. The Kier molecular flexibility index (Phi) is 6.69. The summed E-state index contributed by atoms with van der Waals surface area (Å²) < 4.78 is 44.9. The Morgan fingerprint density at radius 3 is 2.35 bits per heavy atom. The van der Waals surface area contributed by atoms with Crippen molar-refractivity contribution in [2.75, 3.05) is 49.7 Å². The van der Waals surface area contributed by atoms with E-state index in [1.54, 1.807) is 23.9 Å². The fourth-order valence-electron chi connectivity index (χ4n) is 5.60. The molecule has 4 aromatic rings. The largest absolute Gasteiger partial charge is 0.497 e. The Labute approximate surface area is 232 Å². The van der Waals surface area contributed by atoms with Crippen LogP contribution >= 0.6 is 0 Å². The van der Waals surface area contributed by atoms with Crippen molar-refractivity contribution in [3.05, 3.63) is 71.7 Å². The number of pyridine rings is 1. The van der Waals surface area contributed by atoms with Gasteiger partial charge >= 0.3 is 0 Å². The lowest BCUT2D eigenvalue weighted by atomic mass is 10.0. The molecule has 1 atom stereocenters. The number of benzene rings is 2. The van der Waals surface area contributed by atoms with E-state index in [2.05, 4.69) is 4.90 Å². The first-order valence-corrected chi connectivity index (χ1v) is 15.1. The van der Waals surface area contributed by atoms with Crippen molar-refractivity contribution in [3.63, 3.8) is 0 Å². The third kappa shape index (κ3) is 4.90.